The Balaban J connectivity index is 0. The van der Waals surface area contributed by atoms with E-state index in [1.165, 1.54) is 73.5 Å². The van der Waals surface area contributed by atoms with Crippen molar-refractivity contribution in [3.05, 3.63) is 34.4 Å². The van der Waals surface area contributed by atoms with Crippen LogP contribution in [0.15, 0.2) is 0 Å². The molecule has 0 aromatic carbocycles. The van der Waals surface area contributed by atoms with Gasteiger partial charge in [0.2, 0.25) is 0 Å². The number of H-pyrrole nitrogens is 2. The number of rotatable bonds is 10. The van der Waals surface area contributed by atoms with Crippen LogP contribution in [0.5, 0.6) is 0 Å². The van der Waals surface area contributed by atoms with E-state index < -0.39 is 0 Å². The van der Waals surface area contributed by atoms with Crippen LogP contribution in [0.2, 0.25) is 0 Å². The molecule has 4 heteroatoms. The predicted octanol–water partition coefficient (Wildman–Crippen LogP) is 8.21. The first kappa shape index (κ1) is 30.6. The first-order valence-corrected chi connectivity index (χ1v) is 12.6. The largest absolute Gasteiger partial charge is 0.346 e. The SMILES string of the molecule is CC.CC.CCCCCCCCCc1nc(CC)c(C)[nH]1.CCc1nc(C)[nH]c1C. The Bertz CT molecular complexity index is 611. The van der Waals surface area contributed by atoms with Crippen LogP contribution in [0.3, 0.4) is 0 Å². The maximum atomic E-state index is 4.62. The second-order valence-electron chi connectivity index (χ2n) is 7.23. The van der Waals surface area contributed by atoms with Crippen LogP contribution in [-0.2, 0) is 19.3 Å². The fourth-order valence-corrected chi connectivity index (χ4v) is 3.28. The second kappa shape index (κ2) is 20.7. The normalized spacial score (nSPS) is 9.67. The molecule has 0 bridgehead atoms. The minimum Gasteiger partial charge on any atom is -0.346 e. The standard InChI is InChI=1S/C15H28N2.C7H12N2.2C2H6/c1-4-6-7-8-9-10-11-12-15-16-13(3)14(5-2)17-15;1-4-7-5(2)8-6(3)9-7;2*1-2/h4-12H2,1-3H3,(H,16,17);4H2,1-3H3,(H,8,9);2*1-2H3. The molecule has 2 heterocycles. The van der Waals surface area contributed by atoms with Gasteiger partial charge in [0.1, 0.15) is 11.6 Å². The van der Waals surface area contributed by atoms with Crippen molar-refractivity contribution < 1.29 is 0 Å². The van der Waals surface area contributed by atoms with Crippen LogP contribution < -0.4 is 0 Å². The molecular weight excluding hydrogens is 368 g/mol. The van der Waals surface area contributed by atoms with Gasteiger partial charge in [-0.3, -0.25) is 0 Å². The molecule has 0 spiro atoms. The maximum Gasteiger partial charge on any atom is 0.106 e. The Hall–Kier alpha value is -1.58. The van der Waals surface area contributed by atoms with Gasteiger partial charge in [0.25, 0.3) is 0 Å². The van der Waals surface area contributed by atoms with Crippen molar-refractivity contribution in [2.24, 2.45) is 0 Å². The van der Waals surface area contributed by atoms with E-state index in [-0.39, 0.29) is 0 Å². The zero-order valence-corrected chi connectivity index (χ0v) is 22.0. The highest BCUT2D eigenvalue weighted by atomic mass is 14.9. The Kier molecular flexibility index (Phi) is 21.1. The van der Waals surface area contributed by atoms with E-state index in [2.05, 4.69) is 54.6 Å². The van der Waals surface area contributed by atoms with Gasteiger partial charge in [-0.05, 0) is 40.0 Å². The first-order chi connectivity index (χ1) is 14.5. The van der Waals surface area contributed by atoms with E-state index in [4.69, 9.17) is 0 Å². The van der Waals surface area contributed by atoms with Gasteiger partial charge in [-0.25, -0.2) is 9.97 Å². The molecule has 2 N–H and O–H groups in total. The highest BCUT2D eigenvalue weighted by Gasteiger charge is 2.04. The van der Waals surface area contributed by atoms with E-state index in [1.807, 2.05) is 34.6 Å². The van der Waals surface area contributed by atoms with Gasteiger partial charge in [0.05, 0.1) is 11.4 Å². The lowest BCUT2D eigenvalue weighted by molar-refractivity contribution is 0.585. The molecule has 0 aliphatic heterocycles. The predicted molar refractivity (Wildman–Crippen MR) is 135 cm³/mol. The minimum absolute atomic E-state index is 1.02. The van der Waals surface area contributed by atoms with Gasteiger partial charge >= 0.3 is 0 Å². The van der Waals surface area contributed by atoms with Crippen LogP contribution >= 0.6 is 0 Å². The van der Waals surface area contributed by atoms with Crippen molar-refractivity contribution >= 4 is 0 Å². The van der Waals surface area contributed by atoms with Crippen molar-refractivity contribution in [1.82, 2.24) is 19.9 Å². The lowest BCUT2D eigenvalue weighted by Crippen LogP contribution is -1.89. The lowest BCUT2D eigenvalue weighted by Gasteiger charge is -1.99. The highest BCUT2D eigenvalue weighted by molar-refractivity contribution is 5.13. The summed E-state index contributed by atoms with van der Waals surface area (Å²) in [5.41, 5.74) is 4.89. The molecule has 0 amide bonds. The average Bonchev–Trinajstić information content (AvgIpc) is 3.30. The summed E-state index contributed by atoms with van der Waals surface area (Å²) in [5.74, 6) is 2.21. The van der Waals surface area contributed by atoms with Crippen LogP contribution in [0, 0.1) is 20.8 Å². The molecule has 2 aromatic rings. The Morgan fingerprint density at radius 1 is 0.600 bits per heavy atom. The average molecular weight is 421 g/mol. The molecule has 0 aliphatic carbocycles. The van der Waals surface area contributed by atoms with E-state index in [0.29, 0.717) is 0 Å². The van der Waals surface area contributed by atoms with Crippen molar-refractivity contribution in [2.45, 2.75) is 133 Å². The van der Waals surface area contributed by atoms with Crippen molar-refractivity contribution in [1.29, 1.82) is 0 Å². The molecule has 0 aliphatic rings. The summed E-state index contributed by atoms with van der Waals surface area (Å²) in [6.45, 7) is 20.7. The van der Waals surface area contributed by atoms with Gasteiger partial charge in [0, 0.05) is 17.8 Å². The van der Waals surface area contributed by atoms with E-state index in [9.17, 15) is 0 Å². The van der Waals surface area contributed by atoms with Crippen molar-refractivity contribution in [2.75, 3.05) is 0 Å². The molecule has 0 unspecified atom stereocenters. The monoisotopic (exact) mass is 420 g/mol. The number of unbranched alkanes of at least 4 members (excludes halogenated alkanes) is 6. The van der Waals surface area contributed by atoms with E-state index >= 15 is 0 Å². The van der Waals surface area contributed by atoms with Crippen LogP contribution in [-0.4, -0.2) is 19.9 Å². The molecule has 2 aromatic heterocycles. The van der Waals surface area contributed by atoms with Gasteiger partial charge < -0.3 is 9.97 Å². The summed E-state index contributed by atoms with van der Waals surface area (Å²) in [4.78, 5) is 15.4. The summed E-state index contributed by atoms with van der Waals surface area (Å²) in [6.07, 6.45) is 12.8. The van der Waals surface area contributed by atoms with E-state index in [1.54, 1.807) is 0 Å². The Morgan fingerprint density at radius 2 is 1.07 bits per heavy atom. The van der Waals surface area contributed by atoms with Crippen molar-refractivity contribution in [3.8, 4) is 0 Å². The third-order valence-electron chi connectivity index (χ3n) is 4.83. The Morgan fingerprint density at radius 3 is 1.47 bits per heavy atom. The molecule has 0 saturated carbocycles. The zero-order chi connectivity index (χ0) is 23.4. The summed E-state index contributed by atoms with van der Waals surface area (Å²) in [7, 11) is 0. The molecule has 0 atom stereocenters. The molecular formula is C26H52N4. The van der Waals surface area contributed by atoms with E-state index in [0.717, 1.165) is 25.1 Å². The van der Waals surface area contributed by atoms with Gasteiger partial charge in [-0.2, -0.15) is 0 Å². The quantitative estimate of drug-likeness (QED) is 0.380. The summed E-state index contributed by atoms with van der Waals surface area (Å²) >= 11 is 0. The van der Waals surface area contributed by atoms with Crippen molar-refractivity contribution in [3.63, 3.8) is 0 Å². The molecule has 2 rings (SSSR count). The zero-order valence-electron chi connectivity index (χ0n) is 22.0. The van der Waals surface area contributed by atoms with Crippen LogP contribution in [0.25, 0.3) is 0 Å². The van der Waals surface area contributed by atoms with Gasteiger partial charge in [-0.15, -0.1) is 0 Å². The number of hydrogen-bond donors (Lipinski definition) is 2. The fraction of sp³-hybridized carbons (Fsp3) is 0.769. The lowest BCUT2D eigenvalue weighted by atomic mass is 10.1. The molecule has 0 radical (unpaired) electrons. The number of nitrogens with zero attached hydrogens (tertiary/aromatic N) is 2. The minimum atomic E-state index is 1.02. The molecule has 176 valence electrons. The third kappa shape index (κ3) is 13.6. The first-order valence-electron chi connectivity index (χ1n) is 12.6. The fourth-order valence-electron chi connectivity index (χ4n) is 3.28. The Labute approximate surface area is 188 Å². The third-order valence-corrected chi connectivity index (χ3v) is 4.83. The summed E-state index contributed by atoms with van der Waals surface area (Å²) in [5, 5.41) is 0. The van der Waals surface area contributed by atoms with Gasteiger partial charge in [0.15, 0.2) is 0 Å². The molecule has 4 nitrogen and oxygen atoms in total. The topological polar surface area (TPSA) is 57.4 Å². The molecule has 30 heavy (non-hydrogen) atoms. The number of aromatic nitrogens is 4. The number of aromatic amines is 2. The number of imidazole rings is 2. The summed E-state index contributed by atoms with van der Waals surface area (Å²) in [6, 6.07) is 0. The number of hydrogen-bond acceptors (Lipinski definition) is 2. The second-order valence-corrected chi connectivity index (χ2v) is 7.23. The molecule has 0 saturated heterocycles. The number of aryl methyl sites for hydroxylation is 6. The van der Waals surface area contributed by atoms with Crippen LogP contribution in [0.4, 0.5) is 0 Å². The number of nitrogens with one attached hydrogen (secondary N) is 2. The highest BCUT2D eigenvalue weighted by Crippen LogP contribution is 2.11. The smallest absolute Gasteiger partial charge is 0.106 e. The maximum absolute atomic E-state index is 4.62. The summed E-state index contributed by atoms with van der Waals surface area (Å²) < 4.78 is 0. The van der Waals surface area contributed by atoms with Crippen LogP contribution in [0.1, 0.15) is 128 Å². The van der Waals surface area contributed by atoms with Gasteiger partial charge in [-0.1, -0.05) is 87.0 Å². The molecule has 0 fully saturated rings.